The summed E-state index contributed by atoms with van der Waals surface area (Å²) in [6.45, 7) is 6.14. The van der Waals surface area contributed by atoms with E-state index in [0.717, 1.165) is 32.0 Å². The zero-order chi connectivity index (χ0) is 15.2. The predicted molar refractivity (Wildman–Crippen MR) is 93.2 cm³/mol. The Morgan fingerprint density at radius 1 is 1.18 bits per heavy atom. The van der Waals surface area contributed by atoms with Crippen molar-refractivity contribution in [1.29, 1.82) is 0 Å². The summed E-state index contributed by atoms with van der Waals surface area (Å²) in [5, 5.41) is 11.6. The maximum atomic E-state index is 9.43. The molecule has 2 heterocycles. The lowest BCUT2D eigenvalue weighted by Gasteiger charge is -2.42. The quantitative estimate of drug-likeness (QED) is 0.871. The topological polar surface area (TPSA) is 26.7 Å². The third-order valence-corrected chi connectivity index (χ3v) is 6.19. The van der Waals surface area contributed by atoms with Crippen LogP contribution in [0.15, 0.2) is 17.5 Å². The van der Waals surface area contributed by atoms with Crippen LogP contribution in [0, 0.1) is 5.92 Å². The van der Waals surface area contributed by atoms with Gasteiger partial charge in [-0.3, -0.25) is 4.90 Å². The van der Waals surface area contributed by atoms with E-state index in [0.29, 0.717) is 12.6 Å². The lowest BCUT2D eigenvalue weighted by molar-refractivity contribution is 0.0433. The molecule has 3 nitrogen and oxygen atoms in total. The molecule has 0 spiro atoms. The average molecular weight is 323 g/mol. The first-order chi connectivity index (χ1) is 10.8. The highest BCUT2D eigenvalue weighted by Crippen LogP contribution is 2.26. The molecular formula is C18H30N2OS. The summed E-state index contributed by atoms with van der Waals surface area (Å²) >= 11 is 1.85. The number of rotatable bonds is 6. The maximum absolute atomic E-state index is 9.43. The molecule has 1 aromatic rings. The van der Waals surface area contributed by atoms with Crippen molar-refractivity contribution in [3.05, 3.63) is 22.4 Å². The van der Waals surface area contributed by atoms with Crippen LogP contribution in [0.25, 0.3) is 0 Å². The van der Waals surface area contributed by atoms with Gasteiger partial charge in [0.2, 0.25) is 0 Å². The van der Waals surface area contributed by atoms with Crippen LogP contribution in [-0.4, -0.2) is 53.7 Å². The lowest BCUT2D eigenvalue weighted by atomic mass is 9.88. The number of hydrogen-bond acceptors (Lipinski definition) is 4. The fraction of sp³-hybridized carbons (Fsp3) is 0.778. The van der Waals surface area contributed by atoms with Crippen molar-refractivity contribution < 1.29 is 5.11 Å². The average Bonchev–Trinajstić information content (AvgIpc) is 3.04. The summed E-state index contributed by atoms with van der Waals surface area (Å²) in [4.78, 5) is 6.70. The molecule has 2 aliphatic rings. The fourth-order valence-corrected chi connectivity index (χ4v) is 4.82. The molecule has 22 heavy (non-hydrogen) atoms. The second-order valence-electron chi connectivity index (χ2n) is 6.98. The van der Waals surface area contributed by atoms with Crippen molar-refractivity contribution in [2.24, 2.45) is 5.92 Å². The number of aliphatic hydroxyl groups excluding tert-OH is 1. The van der Waals surface area contributed by atoms with Crippen molar-refractivity contribution in [1.82, 2.24) is 9.80 Å². The highest BCUT2D eigenvalue weighted by molar-refractivity contribution is 7.09. The maximum Gasteiger partial charge on any atom is 0.0446 e. The molecule has 0 radical (unpaired) electrons. The number of aliphatic hydroxyl groups is 1. The summed E-state index contributed by atoms with van der Waals surface area (Å²) in [7, 11) is 0. The Morgan fingerprint density at radius 3 is 2.77 bits per heavy atom. The van der Waals surface area contributed by atoms with Gasteiger partial charge in [-0.25, -0.2) is 0 Å². The van der Waals surface area contributed by atoms with E-state index in [4.69, 9.17) is 0 Å². The van der Waals surface area contributed by atoms with Gasteiger partial charge in [0, 0.05) is 50.2 Å². The van der Waals surface area contributed by atoms with Crippen molar-refractivity contribution >= 4 is 11.3 Å². The molecular weight excluding hydrogens is 292 g/mol. The third-order valence-electron chi connectivity index (χ3n) is 5.33. The second kappa shape index (κ2) is 8.44. The Labute approximate surface area is 138 Å². The summed E-state index contributed by atoms with van der Waals surface area (Å²) in [6.07, 6.45) is 8.08. The molecule has 0 amide bonds. The first-order valence-corrected chi connectivity index (χ1v) is 9.83. The van der Waals surface area contributed by atoms with E-state index in [-0.39, 0.29) is 0 Å². The fourth-order valence-electron chi connectivity index (χ4n) is 4.09. The number of thiophene rings is 1. The smallest absolute Gasteiger partial charge is 0.0446 e. The Balaban J connectivity index is 1.53. The first kappa shape index (κ1) is 16.4. The van der Waals surface area contributed by atoms with E-state index < -0.39 is 0 Å². The molecule has 124 valence electrons. The van der Waals surface area contributed by atoms with E-state index >= 15 is 0 Å². The van der Waals surface area contributed by atoms with Gasteiger partial charge < -0.3 is 10.0 Å². The Morgan fingerprint density at radius 2 is 2.05 bits per heavy atom. The molecule has 1 atom stereocenters. The van der Waals surface area contributed by atoms with Gasteiger partial charge >= 0.3 is 0 Å². The highest BCUT2D eigenvalue weighted by atomic mass is 32.1. The zero-order valence-corrected chi connectivity index (χ0v) is 14.4. The highest BCUT2D eigenvalue weighted by Gasteiger charge is 2.28. The summed E-state index contributed by atoms with van der Waals surface area (Å²) < 4.78 is 0. The monoisotopic (exact) mass is 322 g/mol. The van der Waals surface area contributed by atoms with Gasteiger partial charge in [0.05, 0.1) is 0 Å². The van der Waals surface area contributed by atoms with Crippen molar-refractivity contribution in [3.8, 4) is 0 Å². The Bertz CT molecular complexity index is 417. The van der Waals surface area contributed by atoms with E-state index in [1.165, 1.54) is 50.1 Å². The normalized spacial score (nSPS) is 25.6. The zero-order valence-electron chi connectivity index (χ0n) is 13.6. The second-order valence-corrected chi connectivity index (χ2v) is 8.01. The van der Waals surface area contributed by atoms with Crippen LogP contribution in [0.1, 0.15) is 43.4 Å². The van der Waals surface area contributed by atoms with Crippen molar-refractivity contribution in [2.75, 3.05) is 32.8 Å². The molecule has 4 heteroatoms. The molecule has 1 N–H and O–H groups in total. The Hall–Kier alpha value is -0.420. The SMILES string of the molecule is OCCC1CN(CC2CCCCC2)CCN1Cc1cccs1. The molecule has 0 bridgehead atoms. The van der Waals surface area contributed by atoms with Crippen LogP contribution in [0.3, 0.4) is 0 Å². The molecule has 3 rings (SSSR count). The molecule has 1 saturated heterocycles. The molecule has 1 aliphatic carbocycles. The number of hydrogen-bond donors (Lipinski definition) is 1. The number of piperazine rings is 1. The van der Waals surface area contributed by atoms with Gasteiger partial charge in [0.25, 0.3) is 0 Å². The third kappa shape index (κ3) is 4.54. The molecule has 1 aromatic heterocycles. The van der Waals surface area contributed by atoms with Crippen molar-refractivity contribution in [2.45, 2.75) is 51.1 Å². The lowest BCUT2D eigenvalue weighted by Crippen LogP contribution is -2.53. The van der Waals surface area contributed by atoms with E-state index in [2.05, 4.69) is 27.3 Å². The van der Waals surface area contributed by atoms with Gasteiger partial charge in [-0.15, -0.1) is 11.3 Å². The van der Waals surface area contributed by atoms with Gasteiger partial charge in [-0.1, -0.05) is 25.3 Å². The standard InChI is InChI=1S/C18H30N2OS/c21-11-8-17-14-19(13-16-5-2-1-3-6-16)9-10-20(17)15-18-7-4-12-22-18/h4,7,12,16-17,21H,1-3,5-6,8-11,13-15H2. The van der Waals surface area contributed by atoms with E-state index in [1.54, 1.807) is 0 Å². The molecule has 0 aromatic carbocycles. The Kier molecular flexibility index (Phi) is 6.30. The van der Waals surface area contributed by atoms with Crippen LogP contribution in [0.5, 0.6) is 0 Å². The molecule has 1 saturated carbocycles. The molecule has 2 fully saturated rings. The van der Waals surface area contributed by atoms with E-state index in [9.17, 15) is 5.11 Å². The van der Waals surface area contributed by atoms with Gasteiger partial charge in [-0.05, 0) is 36.6 Å². The first-order valence-electron chi connectivity index (χ1n) is 8.95. The summed E-state index contributed by atoms with van der Waals surface area (Å²) in [5.41, 5.74) is 0. The largest absolute Gasteiger partial charge is 0.396 e. The van der Waals surface area contributed by atoms with Crippen LogP contribution in [0.2, 0.25) is 0 Å². The van der Waals surface area contributed by atoms with Crippen LogP contribution in [-0.2, 0) is 6.54 Å². The summed E-state index contributed by atoms with van der Waals surface area (Å²) in [6, 6.07) is 4.89. The van der Waals surface area contributed by atoms with Gasteiger partial charge in [0.1, 0.15) is 0 Å². The molecule has 1 unspecified atom stereocenters. The van der Waals surface area contributed by atoms with Gasteiger partial charge in [-0.2, -0.15) is 0 Å². The van der Waals surface area contributed by atoms with Crippen LogP contribution in [0.4, 0.5) is 0 Å². The predicted octanol–water partition coefficient (Wildman–Crippen LogP) is 3.20. The summed E-state index contributed by atoms with van der Waals surface area (Å²) in [5.74, 6) is 0.923. The molecule has 1 aliphatic heterocycles. The van der Waals surface area contributed by atoms with Crippen LogP contribution >= 0.6 is 11.3 Å². The minimum Gasteiger partial charge on any atom is -0.396 e. The minimum absolute atomic E-state index is 0.308. The van der Waals surface area contributed by atoms with Crippen LogP contribution < -0.4 is 0 Å². The van der Waals surface area contributed by atoms with Crippen molar-refractivity contribution in [3.63, 3.8) is 0 Å². The minimum atomic E-state index is 0.308. The van der Waals surface area contributed by atoms with E-state index in [1.807, 2.05) is 11.3 Å². The van der Waals surface area contributed by atoms with Gasteiger partial charge in [0.15, 0.2) is 0 Å². The number of nitrogens with zero attached hydrogens (tertiary/aromatic N) is 2.